The van der Waals surface area contributed by atoms with E-state index in [2.05, 4.69) is 44.1 Å². The third-order valence-electron chi connectivity index (χ3n) is 5.24. The van der Waals surface area contributed by atoms with E-state index in [4.69, 9.17) is 9.97 Å². The summed E-state index contributed by atoms with van der Waals surface area (Å²) in [5.41, 5.74) is 4.42. The van der Waals surface area contributed by atoms with Crippen LogP contribution >= 0.6 is 0 Å². The molecule has 0 spiro atoms. The van der Waals surface area contributed by atoms with Gasteiger partial charge in [-0.3, -0.25) is 4.98 Å². The molecule has 144 valence electrons. The van der Waals surface area contributed by atoms with E-state index in [9.17, 15) is 0 Å². The molecular formula is C23H22N6. The molecule has 1 N–H and O–H groups in total. The molecule has 6 heteroatoms. The van der Waals surface area contributed by atoms with Crippen LogP contribution in [0, 0.1) is 0 Å². The minimum absolute atomic E-state index is 0.616. The van der Waals surface area contributed by atoms with Crippen LogP contribution in [-0.4, -0.2) is 24.5 Å². The van der Waals surface area contributed by atoms with Gasteiger partial charge in [0.15, 0.2) is 5.82 Å². The molecule has 0 unspecified atom stereocenters. The van der Waals surface area contributed by atoms with Gasteiger partial charge in [-0.05, 0) is 37.0 Å². The second kappa shape index (κ2) is 7.83. The molecule has 0 bridgehead atoms. The lowest BCUT2D eigenvalue weighted by molar-refractivity contribution is 0.734. The fourth-order valence-corrected chi connectivity index (χ4v) is 3.78. The molecule has 29 heavy (non-hydrogen) atoms. The number of aromatic nitrogens is 5. The van der Waals surface area contributed by atoms with E-state index in [1.807, 2.05) is 36.7 Å². The smallest absolute Gasteiger partial charge is 0.180 e. The van der Waals surface area contributed by atoms with Gasteiger partial charge in [0.1, 0.15) is 17.3 Å². The molecule has 0 amide bonds. The second-order valence-electron chi connectivity index (χ2n) is 7.20. The number of nitrogens with zero attached hydrogens (tertiary/aromatic N) is 5. The van der Waals surface area contributed by atoms with Crippen molar-refractivity contribution < 1.29 is 0 Å². The Morgan fingerprint density at radius 2 is 1.79 bits per heavy atom. The standard InChI is InChI=1S/C23H22N6/c1-2-7-17(8-3-1)16-29-14-13-25-21(29)15-26-22-18-9-6-11-19(18)27-23(28-22)20-10-4-5-12-24-20/h1-5,7-8,10,12-14H,6,9,11,15-16H2,(H,26,27,28). The number of nitrogens with one attached hydrogen (secondary N) is 1. The van der Waals surface area contributed by atoms with Gasteiger partial charge in [-0.15, -0.1) is 0 Å². The highest BCUT2D eigenvalue weighted by Crippen LogP contribution is 2.29. The van der Waals surface area contributed by atoms with Crippen molar-refractivity contribution in [2.75, 3.05) is 5.32 Å². The first kappa shape index (κ1) is 17.6. The maximum atomic E-state index is 4.81. The lowest BCUT2D eigenvalue weighted by Gasteiger charge is -2.13. The van der Waals surface area contributed by atoms with Crippen molar-refractivity contribution in [2.45, 2.75) is 32.4 Å². The first-order valence-electron chi connectivity index (χ1n) is 9.96. The van der Waals surface area contributed by atoms with E-state index in [1.54, 1.807) is 6.20 Å². The molecule has 0 radical (unpaired) electrons. The van der Waals surface area contributed by atoms with E-state index in [0.29, 0.717) is 12.4 Å². The van der Waals surface area contributed by atoms with Crippen LogP contribution in [0.15, 0.2) is 67.1 Å². The van der Waals surface area contributed by atoms with Crippen LogP contribution < -0.4 is 5.32 Å². The average Bonchev–Trinajstić information content (AvgIpc) is 3.42. The lowest BCUT2D eigenvalue weighted by Crippen LogP contribution is -2.12. The van der Waals surface area contributed by atoms with E-state index < -0.39 is 0 Å². The number of anilines is 1. The van der Waals surface area contributed by atoms with Gasteiger partial charge in [-0.25, -0.2) is 15.0 Å². The third kappa shape index (κ3) is 3.74. The summed E-state index contributed by atoms with van der Waals surface area (Å²) in [6.07, 6.45) is 8.78. The summed E-state index contributed by atoms with van der Waals surface area (Å²) in [5, 5.41) is 3.52. The molecule has 6 nitrogen and oxygen atoms in total. The number of hydrogen-bond acceptors (Lipinski definition) is 5. The normalized spacial score (nSPS) is 12.7. The fraction of sp³-hybridized carbons (Fsp3) is 0.217. The molecule has 3 heterocycles. The Morgan fingerprint density at radius 3 is 2.66 bits per heavy atom. The molecule has 0 fully saturated rings. The molecule has 0 saturated heterocycles. The third-order valence-corrected chi connectivity index (χ3v) is 5.24. The van der Waals surface area contributed by atoms with Crippen molar-refractivity contribution in [3.05, 3.63) is 89.8 Å². The van der Waals surface area contributed by atoms with Crippen molar-refractivity contribution in [3.63, 3.8) is 0 Å². The molecular weight excluding hydrogens is 360 g/mol. The van der Waals surface area contributed by atoms with E-state index >= 15 is 0 Å². The summed E-state index contributed by atoms with van der Waals surface area (Å²) in [6, 6.07) is 16.2. The maximum Gasteiger partial charge on any atom is 0.180 e. The fourth-order valence-electron chi connectivity index (χ4n) is 3.78. The van der Waals surface area contributed by atoms with Gasteiger partial charge in [-0.1, -0.05) is 36.4 Å². The van der Waals surface area contributed by atoms with E-state index in [-0.39, 0.29) is 0 Å². The van der Waals surface area contributed by atoms with Gasteiger partial charge in [-0.2, -0.15) is 0 Å². The Morgan fingerprint density at radius 1 is 0.897 bits per heavy atom. The zero-order chi connectivity index (χ0) is 19.5. The van der Waals surface area contributed by atoms with Crippen molar-refractivity contribution in [3.8, 4) is 11.5 Å². The monoisotopic (exact) mass is 382 g/mol. The van der Waals surface area contributed by atoms with Crippen LogP contribution in [0.3, 0.4) is 0 Å². The zero-order valence-electron chi connectivity index (χ0n) is 16.1. The van der Waals surface area contributed by atoms with Crippen molar-refractivity contribution in [1.82, 2.24) is 24.5 Å². The van der Waals surface area contributed by atoms with Gasteiger partial charge in [0.25, 0.3) is 0 Å². The Bertz CT molecular complexity index is 1100. The highest BCUT2D eigenvalue weighted by Gasteiger charge is 2.20. The van der Waals surface area contributed by atoms with Crippen LogP contribution in [-0.2, 0) is 25.9 Å². The van der Waals surface area contributed by atoms with Gasteiger partial charge in [0.2, 0.25) is 0 Å². The SMILES string of the molecule is c1ccc(Cn2ccnc2CNc2nc(-c3ccccn3)nc3c2CCC3)cc1. The summed E-state index contributed by atoms with van der Waals surface area (Å²) >= 11 is 0. The Kier molecular flexibility index (Phi) is 4.74. The van der Waals surface area contributed by atoms with Crippen LogP contribution in [0.25, 0.3) is 11.5 Å². The van der Waals surface area contributed by atoms with Gasteiger partial charge < -0.3 is 9.88 Å². The molecule has 1 aromatic carbocycles. The van der Waals surface area contributed by atoms with Crippen LogP contribution in [0.4, 0.5) is 5.82 Å². The Hall–Kier alpha value is -3.54. The van der Waals surface area contributed by atoms with Gasteiger partial charge in [0.05, 0.1) is 6.54 Å². The summed E-state index contributed by atoms with van der Waals surface area (Å²) in [5.74, 6) is 2.57. The molecule has 1 aliphatic carbocycles. The first-order valence-corrected chi connectivity index (χ1v) is 9.96. The molecule has 5 rings (SSSR count). The Balaban J connectivity index is 1.39. The van der Waals surface area contributed by atoms with E-state index in [1.165, 1.54) is 11.1 Å². The summed E-state index contributed by atoms with van der Waals surface area (Å²) in [7, 11) is 0. The first-order chi connectivity index (χ1) is 14.4. The molecule has 0 atom stereocenters. The minimum atomic E-state index is 0.616. The molecule has 0 aliphatic heterocycles. The predicted molar refractivity (Wildman–Crippen MR) is 112 cm³/mol. The van der Waals surface area contributed by atoms with Crippen LogP contribution in [0.1, 0.15) is 29.1 Å². The lowest BCUT2D eigenvalue weighted by atomic mass is 10.2. The highest BCUT2D eigenvalue weighted by molar-refractivity contribution is 5.57. The van der Waals surface area contributed by atoms with Crippen LogP contribution in [0.2, 0.25) is 0 Å². The summed E-state index contributed by atoms with van der Waals surface area (Å²) in [6.45, 7) is 1.42. The highest BCUT2D eigenvalue weighted by atomic mass is 15.1. The molecule has 3 aromatic heterocycles. The van der Waals surface area contributed by atoms with Gasteiger partial charge >= 0.3 is 0 Å². The molecule has 1 aliphatic rings. The summed E-state index contributed by atoms with van der Waals surface area (Å²) < 4.78 is 2.17. The zero-order valence-corrected chi connectivity index (χ0v) is 16.1. The number of rotatable bonds is 6. The quantitative estimate of drug-likeness (QED) is 0.548. The number of aryl methyl sites for hydroxylation is 1. The molecule has 4 aromatic rings. The van der Waals surface area contributed by atoms with E-state index in [0.717, 1.165) is 48.8 Å². The van der Waals surface area contributed by atoms with Crippen molar-refractivity contribution >= 4 is 5.82 Å². The number of fused-ring (bicyclic) bond motifs is 1. The maximum absolute atomic E-state index is 4.81. The summed E-state index contributed by atoms with van der Waals surface area (Å²) in [4.78, 5) is 18.5. The van der Waals surface area contributed by atoms with Crippen molar-refractivity contribution in [2.24, 2.45) is 0 Å². The number of pyridine rings is 1. The van der Waals surface area contributed by atoms with Crippen LogP contribution in [0.5, 0.6) is 0 Å². The number of benzene rings is 1. The minimum Gasteiger partial charge on any atom is -0.362 e. The second-order valence-corrected chi connectivity index (χ2v) is 7.20. The van der Waals surface area contributed by atoms with Crippen molar-refractivity contribution in [1.29, 1.82) is 0 Å². The molecule has 0 saturated carbocycles. The number of hydrogen-bond donors (Lipinski definition) is 1. The average molecular weight is 382 g/mol. The number of imidazole rings is 1. The topological polar surface area (TPSA) is 68.5 Å². The van der Waals surface area contributed by atoms with Gasteiger partial charge in [0, 0.05) is 36.4 Å². The predicted octanol–water partition coefficient (Wildman–Crippen LogP) is 3.88. The Labute approximate surface area is 169 Å². The largest absolute Gasteiger partial charge is 0.362 e.